The van der Waals surface area contributed by atoms with Gasteiger partial charge >= 0.3 is 5.97 Å². The summed E-state index contributed by atoms with van der Waals surface area (Å²) in [5.74, 6) is 0.845. The second-order valence-electron chi connectivity index (χ2n) is 8.04. The molecule has 0 saturated carbocycles. The second kappa shape index (κ2) is 13.4. The Balaban J connectivity index is 1.85. The highest BCUT2D eigenvalue weighted by Crippen LogP contribution is 2.42. The number of Topliss-reactive ketones (excluding diaryl/α,β-unsaturated/α-hetero) is 1. The van der Waals surface area contributed by atoms with Crippen molar-refractivity contribution in [3.05, 3.63) is 89.5 Å². The number of aliphatic hydroxyl groups is 1. The lowest BCUT2D eigenvalue weighted by atomic mass is 9.80. The zero-order valence-electron chi connectivity index (χ0n) is 22.1. The van der Waals surface area contributed by atoms with Crippen LogP contribution in [0.3, 0.4) is 0 Å². The SMILES string of the molecule is [3H]C(CO)OC(=O)CCC(=O)COc1cccc(C(OC)(c2ccc(OC)cc2)c2ccc(OC)cc2)c1. The molecule has 1 N–H and O–H groups in total. The van der Waals surface area contributed by atoms with Crippen LogP contribution in [0.25, 0.3) is 0 Å². The Morgan fingerprint density at radius 3 is 1.92 bits per heavy atom. The first-order valence-electron chi connectivity index (χ1n) is 12.3. The van der Waals surface area contributed by atoms with Crippen LogP contribution in [0, 0.1) is 0 Å². The summed E-state index contributed by atoms with van der Waals surface area (Å²) in [6.45, 7) is -2.20. The van der Waals surface area contributed by atoms with E-state index in [9.17, 15) is 9.59 Å². The predicted molar refractivity (Wildman–Crippen MR) is 137 cm³/mol. The number of methoxy groups -OCH3 is 3. The first-order valence-corrected chi connectivity index (χ1v) is 11.7. The van der Waals surface area contributed by atoms with E-state index in [0.29, 0.717) is 17.2 Å². The summed E-state index contributed by atoms with van der Waals surface area (Å²) in [4.78, 5) is 24.0. The van der Waals surface area contributed by atoms with Gasteiger partial charge < -0.3 is 28.8 Å². The molecule has 3 aromatic carbocycles. The van der Waals surface area contributed by atoms with Gasteiger partial charge in [-0.15, -0.1) is 0 Å². The fourth-order valence-corrected chi connectivity index (χ4v) is 3.98. The summed E-state index contributed by atoms with van der Waals surface area (Å²) in [6, 6.07) is 22.5. The second-order valence-corrected chi connectivity index (χ2v) is 8.04. The third kappa shape index (κ3) is 6.87. The molecule has 0 heterocycles. The average Bonchev–Trinajstić information content (AvgIpc) is 2.96. The number of rotatable bonds is 14. The van der Waals surface area contributed by atoms with Crippen LogP contribution in [-0.2, 0) is 24.7 Å². The Labute approximate surface area is 218 Å². The van der Waals surface area contributed by atoms with Crippen LogP contribution in [0.2, 0.25) is 0 Å². The molecule has 3 aromatic rings. The number of benzene rings is 3. The van der Waals surface area contributed by atoms with Crippen LogP contribution in [0.1, 0.15) is 30.9 Å². The number of ether oxygens (including phenoxy) is 5. The molecule has 1 atom stereocenters. The minimum Gasteiger partial charge on any atom is -0.497 e. The lowest BCUT2D eigenvalue weighted by Crippen LogP contribution is -2.31. The molecular weight excluding hydrogens is 476 g/mol. The topological polar surface area (TPSA) is 101 Å². The molecule has 0 aromatic heterocycles. The van der Waals surface area contributed by atoms with Crippen molar-refractivity contribution in [3.63, 3.8) is 0 Å². The monoisotopic (exact) mass is 510 g/mol. The summed E-state index contributed by atoms with van der Waals surface area (Å²) in [7, 11) is 4.84. The fourth-order valence-electron chi connectivity index (χ4n) is 3.98. The van der Waals surface area contributed by atoms with Crippen molar-refractivity contribution < 1.29 is 39.8 Å². The first-order chi connectivity index (χ1) is 18.4. The summed E-state index contributed by atoms with van der Waals surface area (Å²) in [5, 5.41) is 8.79. The van der Waals surface area contributed by atoms with Gasteiger partial charge in [-0.05, 0) is 53.1 Å². The van der Waals surface area contributed by atoms with Crippen LogP contribution in [0.15, 0.2) is 72.8 Å². The molecule has 3 rings (SSSR count). The van der Waals surface area contributed by atoms with Gasteiger partial charge in [-0.2, -0.15) is 0 Å². The Hall–Kier alpha value is -3.88. The van der Waals surface area contributed by atoms with Gasteiger partial charge in [0.15, 0.2) is 5.78 Å². The van der Waals surface area contributed by atoms with Crippen LogP contribution < -0.4 is 14.2 Å². The van der Waals surface area contributed by atoms with E-state index in [0.717, 1.165) is 16.7 Å². The highest BCUT2D eigenvalue weighted by molar-refractivity contribution is 5.84. The van der Waals surface area contributed by atoms with Gasteiger partial charge in [0.25, 0.3) is 0 Å². The third-order valence-electron chi connectivity index (χ3n) is 5.84. The number of hydrogen-bond donors (Lipinski definition) is 1. The summed E-state index contributed by atoms with van der Waals surface area (Å²) < 4.78 is 34.6. The van der Waals surface area contributed by atoms with Gasteiger partial charge in [-0.3, -0.25) is 9.59 Å². The highest BCUT2D eigenvalue weighted by atomic mass is 16.5. The van der Waals surface area contributed by atoms with Crippen LogP contribution in [0.5, 0.6) is 17.2 Å². The molecule has 1 unspecified atom stereocenters. The zero-order valence-corrected chi connectivity index (χ0v) is 21.1. The Morgan fingerprint density at radius 1 is 0.811 bits per heavy atom. The number of carbonyl (C=O) groups excluding carboxylic acids is 2. The molecule has 0 aliphatic heterocycles. The Bertz CT molecular complexity index is 1150. The predicted octanol–water partition coefficient (Wildman–Crippen LogP) is 3.91. The van der Waals surface area contributed by atoms with E-state index in [-0.39, 0.29) is 25.2 Å². The largest absolute Gasteiger partial charge is 0.497 e. The van der Waals surface area contributed by atoms with Crippen LogP contribution in [-0.4, -0.2) is 58.0 Å². The van der Waals surface area contributed by atoms with Crippen molar-refractivity contribution >= 4 is 11.8 Å². The smallest absolute Gasteiger partial charge is 0.306 e. The Kier molecular flexibility index (Phi) is 9.51. The molecule has 8 heteroatoms. The maximum absolute atomic E-state index is 12.3. The van der Waals surface area contributed by atoms with Crippen LogP contribution in [0.4, 0.5) is 0 Å². The van der Waals surface area contributed by atoms with E-state index in [4.69, 9.17) is 25.4 Å². The molecule has 0 fully saturated rings. The number of hydrogen-bond acceptors (Lipinski definition) is 8. The van der Waals surface area contributed by atoms with Gasteiger partial charge in [0.05, 0.1) is 28.6 Å². The molecular formula is C29H32O8. The number of ketones is 1. The fraction of sp³-hybridized carbons (Fsp3) is 0.310. The standard InChI is InChI=1S/C29H32O8/c1-33-25-12-7-21(8-13-25)29(35-3,22-9-14-26(34-2)15-10-22)23-5-4-6-27(19-23)37-20-24(31)11-16-28(32)36-18-17-30/h4-10,12-15,19,30H,11,16-18,20H2,1-3H3/i18T. The van der Waals surface area contributed by atoms with E-state index in [1.54, 1.807) is 27.4 Å². The van der Waals surface area contributed by atoms with Gasteiger partial charge in [-0.1, -0.05) is 36.4 Å². The average molecular weight is 511 g/mol. The number of aliphatic hydroxyl groups excluding tert-OH is 1. The summed E-state index contributed by atoms with van der Waals surface area (Å²) >= 11 is 0. The zero-order chi connectivity index (χ0) is 27.5. The van der Waals surface area contributed by atoms with Crippen molar-refractivity contribution in [1.82, 2.24) is 0 Å². The molecule has 0 aliphatic carbocycles. The maximum atomic E-state index is 12.3. The molecule has 0 amide bonds. The minimum absolute atomic E-state index is 0.101. The molecule has 8 nitrogen and oxygen atoms in total. The Morgan fingerprint density at radius 2 is 1.41 bits per heavy atom. The molecule has 0 saturated heterocycles. The van der Waals surface area contributed by atoms with Crippen LogP contribution >= 0.6 is 0 Å². The van der Waals surface area contributed by atoms with E-state index in [2.05, 4.69) is 4.74 Å². The molecule has 0 aliphatic rings. The minimum atomic E-state index is -1.35. The quantitative estimate of drug-likeness (QED) is 0.257. The van der Waals surface area contributed by atoms with Gasteiger partial charge in [-0.25, -0.2) is 0 Å². The molecule has 0 radical (unpaired) electrons. The van der Waals surface area contributed by atoms with Gasteiger partial charge in [0.1, 0.15) is 36.0 Å². The summed E-state index contributed by atoms with van der Waals surface area (Å²) in [5.41, 5.74) is 1.47. The van der Waals surface area contributed by atoms with Crippen molar-refractivity contribution in [2.45, 2.75) is 18.4 Å². The van der Waals surface area contributed by atoms with E-state index < -0.39 is 24.8 Å². The van der Waals surface area contributed by atoms with Crippen molar-refractivity contribution in [3.8, 4) is 17.2 Å². The maximum Gasteiger partial charge on any atom is 0.306 e. The van der Waals surface area contributed by atoms with E-state index in [1.165, 1.54) is 0 Å². The third-order valence-corrected chi connectivity index (χ3v) is 5.84. The normalized spacial score (nSPS) is 12.3. The summed E-state index contributed by atoms with van der Waals surface area (Å²) in [6.07, 6.45) is -0.296. The lowest BCUT2D eigenvalue weighted by Gasteiger charge is -2.34. The first kappa shape index (κ1) is 26.2. The van der Waals surface area contributed by atoms with Crippen molar-refractivity contribution in [2.75, 3.05) is 41.1 Å². The van der Waals surface area contributed by atoms with Gasteiger partial charge in [0, 0.05) is 13.5 Å². The highest BCUT2D eigenvalue weighted by Gasteiger charge is 2.37. The van der Waals surface area contributed by atoms with Crippen molar-refractivity contribution in [2.24, 2.45) is 0 Å². The molecule has 37 heavy (non-hydrogen) atoms. The number of carbonyl (C=O) groups is 2. The van der Waals surface area contributed by atoms with E-state index >= 15 is 0 Å². The van der Waals surface area contributed by atoms with E-state index in [1.807, 2.05) is 66.7 Å². The molecule has 196 valence electrons. The van der Waals surface area contributed by atoms with Gasteiger partial charge in [0.2, 0.25) is 0 Å². The lowest BCUT2D eigenvalue weighted by molar-refractivity contribution is -0.145. The molecule has 0 spiro atoms. The number of esters is 1. The molecule has 0 bridgehead atoms. The van der Waals surface area contributed by atoms with Crippen molar-refractivity contribution in [1.29, 1.82) is 0 Å².